The number of carbonyl (C=O) groups is 1. The van der Waals surface area contributed by atoms with E-state index in [0.29, 0.717) is 35.7 Å². The first-order valence-electron chi connectivity index (χ1n) is 8.66. The van der Waals surface area contributed by atoms with Crippen molar-refractivity contribution in [1.29, 1.82) is 0 Å². The largest absolute Gasteiger partial charge is 0.496 e. The molecule has 2 aromatic carbocycles. The van der Waals surface area contributed by atoms with E-state index in [9.17, 15) is 9.18 Å². The Kier molecular flexibility index (Phi) is 5.86. The van der Waals surface area contributed by atoms with E-state index in [-0.39, 0.29) is 18.2 Å². The first-order valence-corrected chi connectivity index (χ1v) is 8.66. The van der Waals surface area contributed by atoms with Crippen molar-refractivity contribution in [3.63, 3.8) is 0 Å². The first kappa shape index (κ1) is 18.6. The van der Waals surface area contributed by atoms with Gasteiger partial charge in [-0.15, -0.1) is 0 Å². The number of methoxy groups -OCH3 is 2. The third kappa shape index (κ3) is 4.00. The predicted molar refractivity (Wildman–Crippen MR) is 101 cm³/mol. The van der Waals surface area contributed by atoms with Crippen LogP contribution in [0.3, 0.4) is 0 Å². The maximum atomic E-state index is 14.8. The lowest BCUT2D eigenvalue weighted by Gasteiger charge is -2.14. The highest BCUT2D eigenvalue weighted by atomic mass is 19.1. The van der Waals surface area contributed by atoms with Crippen LogP contribution in [0.25, 0.3) is 22.5 Å². The van der Waals surface area contributed by atoms with Crippen LogP contribution in [0.15, 0.2) is 54.9 Å². The van der Waals surface area contributed by atoms with Crippen LogP contribution in [-0.2, 0) is 16.1 Å². The van der Waals surface area contributed by atoms with Crippen LogP contribution in [-0.4, -0.2) is 29.7 Å². The van der Waals surface area contributed by atoms with Crippen LogP contribution >= 0.6 is 0 Å². The van der Waals surface area contributed by atoms with Gasteiger partial charge in [0.05, 0.1) is 37.5 Å². The second-order valence-electron chi connectivity index (χ2n) is 6.00. The second kappa shape index (κ2) is 8.49. The molecule has 0 aliphatic heterocycles. The van der Waals surface area contributed by atoms with Gasteiger partial charge in [-0.25, -0.2) is 9.37 Å². The molecule has 0 unspecified atom stereocenters. The van der Waals surface area contributed by atoms with Gasteiger partial charge < -0.3 is 14.0 Å². The molecule has 0 atom stereocenters. The van der Waals surface area contributed by atoms with Gasteiger partial charge in [-0.2, -0.15) is 0 Å². The van der Waals surface area contributed by atoms with Crippen molar-refractivity contribution in [2.24, 2.45) is 0 Å². The Labute approximate surface area is 157 Å². The van der Waals surface area contributed by atoms with E-state index >= 15 is 0 Å². The zero-order chi connectivity index (χ0) is 19.2. The molecule has 0 saturated heterocycles. The number of nitrogens with zero attached hydrogens (tertiary/aromatic N) is 2. The molecule has 0 N–H and O–H groups in total. The Morgan fingerprint density at radius 2 is 1.89 bits per heavy atom. The molecule has 3 rings (SSSR count). The summed E-state index contributed by atoms with van der Waals surface area (Å²) in [6.07, 6.45) is 2.51. The number of aryl methyl sites for hydroxylation is 1. The highest BCUT2D eigenvalue weighted by molar-refractivity contribution is 5.82. The molecule has 0 saturated carbocycles. The van der Waals surface area contributed by atoms with Crippen molar-refractivity contribution in [1.82, 2.24) is 9.55 Å². The Morgan fingerprint density at radius 1 is 1.11 bits per heavy atom. The minimum atomic E-state index is -0.388. The number of carbonyl (C=O) groups excluding carboxylic acids is 1. The van der Waals surface area contributed by atoms with Gasteiger partial charge in [-0.1, -0.05) is 36.4 Å². The molecule has 0 aliphatic carbocycles. The maximum Gasteiger partial charge on any atom is 0.305 e. The molecule has 0 amide bonds. The Balaban J connectivity index is 2.09. The van der Waals surface area contributed by atoms with E-state index in [4.69, 9.17) is 4.74 Å². The van der Waals surface area contributed by atoms with Gasteiger partial charge in [0, 0.05) is 18.5 Å². The van der Waals surface area contributed by atoms with Crippen molar-refractivity contribution >= 4 is 5.97 Å². The van der Waals surface area contributed by atoms with Crippen molar-refractivity contribution in [3.05, 3.63) is 60.7 Å². The van der Waals surface area contributed by atoms with Crippen molar-refractivity contribution in [3.8, 4) is 28.3 Å². The zero-order valence-electron chi connectivity index (χ0n) is 15.3. The summed E-state index contributed by atoms with van der Waals surface area (Å²) in [5, 5.41) is 0. The number of ether oxygens (including phenoxy) is 2. The number of benzene rings is 2. The van der Waals surface area contributed by atoms with Crippen LogP contribution in [0.5, 0.6) is 5.75 Å². The van der Waals surface area contributed by atoms with E-state index in [1.54, 1.807) is 18.5 Å². The van der Waals surface area contributed by atoms with Crippen LogP contribution in [0.1, 0.15) is 12.8 Å². The molecule has 5 nitrogen and oxygen atoms in total. The third-order valence-corrected chi connectivity index (χ3v) is 4.32. The predicted octanol–water partition coefficient (Wildman–Crippen LogP) is 4.32. The molecular weight excluding hydrogens is 347 g/mol. The van der Waals surface area contributed by atoms with E-state index < -0.39 is 0 Å². The molecule has 3 aromatic rings. The number of hydrogen-bond donors (Lipinski definition) is 0. The normalized spacial score (nSPS) is 10.6. The molecule has 0 spiro atoms. The lowest BCUT2D eigenvalue weighted by atomic mass is 10.0. The fourth-order valence-corrected chi connectivity index (χ4v) is 3.02. The fourth-order valence-electron chi connectivity index (χ4n) is 3.02. The zero-order valence-corrected chi connectivity index (χ0v) is 15.3. The summed E-state index contributed by atoms with van der Waals surface area (Å²) < 4.78 is 26.7. The summed E-state index contributed by atoms with van der Waals surface area (Å²) in [5.41, 5.74) is 2.53. The van der Waals surface area contributed by atoms with E-state index in [2.05, 4.69) is 9.72 Å². The summed E-state index contributed by atoms with van der Waals surface area (Å²) in [6.45, 7) is 0.502. The van der Waals surface area contributed by atoms with Gasteiger partial charge in [0.2, 0.25) is 0 Å². The summed E-state index contributed by atoms with van der Waals surface area (Å²) in [5.74, 6) is -0.230. The highest BCUT2D eigenvalue weighted by Crippen LogP contribution is 2.38. The number of aromatic nitrogens is 2. The molecule has 1 aromatic heterocycles. The van der Waals surface area contributed by atoms with Gasteiger partial charge in [0.25, 0.3) is 0 Å². The minimum absolute atomic E-state index is 0.275. The Bertz CT molecular complexity index is 922. The van der Waals surface area contributed by atoms with Crippen molar-refractivity contribution < 1.29 is 18.7 Å². The average molecular weight is 368 g/mol. The van der Waals surface area contributed by atoms with Crippen LogP contribution in [0, 0.1) is 5.82 Å². The number of hydrogen-bond acceptors (Lipinski definition) is 4. The summed E-state index contributed by atoms with van der Waals surface area (Å²) in [4.78, 5) is 15.9. The quantitative estimate of drug-likeness (QED) is 0.583. The monoisotopic (exact) mass is 368 g/mol. The Hall–Kier alpha value is -3.15. The van der Waals surface area contributed by atoms with Crippen LogP contribution < -0.4 is 4.74 Å². The smallest absolute Gasteiger partial charge is 0.305 e. The summed E-state index contributed by atoms with van der Waals surface area (Å²) in [6, 6.07) is 14.3. The number of esters is 1. The molecule has 6 heteroatoms. The SMILES string of the molecule is COC(=O)CCCn1cnc(-c2ccccc2)c1-c1c(F)cccc1OC. The fraction of sp³-hybridized carbons (Fsp3) is 0.238. The van der Waals surface area contributed by atoms with Crippen molar-refractivity contribution in [2.75, 3.05) is 14.2 Å². The molecule has 0 radical (unpaired) electrons. The first-order chi connectivity index (χ1) is 13.2. The van der Waals surface area contributed by atoms with Gasteiger partial charge in [-0.3, -0.25) is 4.79 Å². The van der Waals surface area contributed by atoms with Crippen LogP contribution in [0.2, 0.25) is 0 Å². The lowest BCUT2D eigenvalue weighted by molar-refractivity contribution is -0.140. The molecule has 0 aliphatic rings. The number of halogens is 1. The van der Waals surface area contributed by atoms with E-state index in [1.807, 2.05) is 34.9 Å². The van der Waals surface area contributed by atoms with Gasteiger partial charge in [-0.05, 0) is 18.6 Å². The van der Waals surface area contributed by atoms with Gasteiger partial charge in [0.1, 0.15) is 11.6 Å². The minimum Gasteiger partial charge on any atom is -0.496 e. The van der Waals surface area contributed by atoms with E-state index in [0.717, 1.165) is 5.56 Å². The lowest BCUT2D eigenvalue weighted by Crippen LogP contribution is -2.06. The average Bonchev–Trinajstić information content (AvgIpc) is 3.11. The standard InChI is InChI=1S/C21H21FN2O3/c1-26-17-11-6-10-16(22)19(17)21-20(15-8-4-3-5-9-15)23-14-24(21)13-7-12-18(25)27-2/h3-6,8-11,14H,7,12-13H2,1-2H3. The molecular formula is C21H21FN2O3. The number of rotatable bonds is 7. The van der Waals surface area contributed by atoms with Crippen LogP contribution in [0.4, 0.5) is 4.39 Å². The van der Waals surface area contributed by atoms with Gasteiger partial charge in [0.15, 0.2) is 0 Å². The topological polar surface area (TPSA) is 53.4 Å². The second-order valence-corrected chi connectivity index (χ2v) is 6.00. The molecule has 1 heterocycles. The van der Waals surface area contributed by atoms with Crippen molar-refractivity contribution in [2.45, 2.75) is 19.4 Å². The molecule has 0 fully saturated rings. The maximum absolute atomic E-state index is 14.8. The highest BCUT2D eigenvalue weighted by Gasteiger charge is 2.21. The Morgan fingerprint density at radius 3 is 2.59 bits per heavy atom. The number of imidazole rings is 1. The molecule has 140 valence electrons. The molecule has 27 heavy (non-hydrogen) atoms. The third-order valence-electron chi connectivity index (χ3n) is 4.32. The van der Waals surface area contributed by atoms with E-state index in [1.165, 1.54) is 20.3 Å². The summed E-state index contributed by atoms with van der Waals surface area (Å²) >= 11 is 0. The van der Waals surface area contributed by atoms with Gasteiger partial charge >= 0.3 is 5.97 Å². The summed E-state index contributed by atoms with van der Waals surface area (Å²) in [7, 11) is 2.88. The molecule has 0 bridgehead atoms.